The monoisotopic (exact) mass is 212 g/mol. The summed E-state index contributed by atoms with van der Waals surface area (Å²) in [6, 6.07) is 0. The standard InChI is InChI=1S/C13H24O2/c1-10(14)15-9-11-7-5-6-8-12(11)13(2,3)4/h11-12H,5-9H2,1-4H3. The van der Waals surface area contributed by atoms with Crippen LogP contribution in [-0.2, 0) is 9.53 Å². The van der Waals surface area contributed by atoms with E-state index in [1.807, 2.05) is 0 Å². The topological polar surface area (TPSA) is 26.3 Å². The molecule has 1 rings (SSSR count). The van der Waals surface area contributed by atoms with Crippen LogP contribution in [0.2, 0.25) is 0 Å². The average molecular weight is 212 g/mol. The molecule has 1 fully saturated rings. The van der Waals surface area contributed by atoms with Gasteiger partial charge in [-0.3, -0.25) is 4.79 Å². The molecule has 2 heteroatoms. The van der Waals surface area contributed by atoms with Gasteiger partial charge in [0.15, 0.2) is 0 Å². The van der Waals surface area contributed by atoms with Gasteiger partial charge in [0.2, 0.25) is 0 Å². The van der Waals surface area contributed by atoms with Crippen molar-refractivity contribution >= 4 is 5.97 Å². The molecular formula is C13H24O2. The van der Waals surface area contributed by atoms with Gasteiger partial charge in [-0.2, -0.15) is 0 Å². The molecule has 1 aliphatic rings. The van der Waals surface area contributed by atoms with Gasteiger partial charge in [-0.1, -0.05) is 33.6 Å². The molecule has 2 nitrogen and oxygen atoms in total. The molecule has 0 aromatic heterocycles. The van der Waals surface area contributed by atoms with Crippen LogP contribution in [0, 0.1) is 17.3 Å². The van der Waals surface area contributed by atoms with Gasteiger partial charge in [-0.05, 0) is 30.1 Å². The molecule has 1 aliphatic carbocycles. The zero-order chi connectivity index (χ0) is 11.5. The second-order valence-corrected chi connectivity index (χ2v) is 5.82. The maximum atomic E-state index is 10.8. The number of carbonyl (C=O) groups is 1. The molecule has 88 valence electrons. The van der Waals surface area contributed by atoms with E-state index in [2.05, 4.69) is 20.8 Å². The molecule has 0 saturated heterocycles. The summed E-state index contributed by atoms with van der Waals surface area (Å²) in [6.07, 6.45) is 5.13. The Balaban J connectivity index is 2.54. The minimum atomic E-state index is -0.145. The second-order valence-electron chi connectivity index (χ2n) is 5.82. The first kappa shape index (κ1) is 12.5. The highest BCUT2D eigenvalue weighted by molar-refractivity contribution is 5.65. The minimum Gasteiger partial charge on any atom is -0.466 e. The predicted molar refractivity (Wildman–Crippen MR) is 61.5 cm³/mol. The average Bonchev–Trinajstić information content (AvgIpc) is 2.13. The van der Waals surface area contributed by atoms with Crippen molar-refractivity contribution in [3.05, 3.63) is 0 Å². The zero-order valence-corrected chi connectivity index (χ0v) is 10.5. The molecule has 1 saturated carbocycles. The molecule has 0 spiro atoms. The first-order valence-corrected chi connectivity index (χ1v) is 6.04. The van der Waals surface area contributed by atoms with Crippen LogP contribution in [0.1, 0.15) is 53.4 Å². The molecule has 0 aliphatic heterocycles. The molecule has 0 heterocycles. The third-order valence-electron chi connectivity index (χ3n) is 3.52. The molecule has 0 radical (unpaired) electrons. The van der Waals surface area contributed by atoms with E-state index < -0.39 is 0 Å². The highest BCUT2D eigenvalue weighted by Gasteiger charge is 2.34. The number of hydrogen-bond donors (Lipinski definition) is 0. The van der Waals surface area contributed by atoms with Crippen molar-refractivity contribution in [2.24, 2.45) is 17.3 Å². The molecular weight excluding hydrogens is 188 g/mol. The zero-order valence-electron chi connectivity index (χ0n) is 10.5. The Hall–Kier alpha value is -0.530. The van der Waals surface area contributed by atoms with E-state index in [1.165, 1.54) is 32.6 Å². The third kappa shape index (κ3) is 3.84. The number of esters is 1. The lowest BCUT2D eigenvalue weighted by molar-refractivity contribution is -0.144. The van der Waals surface area contributed by atoms with Crippen LogP contribution in [0.25, 0.3) is 0 Å². The molecule has 2 unspecified atom stereocenters. The maximum absolute atomic E-state index is 10.8. The van der Waals surface area contributed by atoms with Gasteiger partial charge >= 0.3 is 5.97 Å². The quantitative estimate of drug-likeness (QED) is 0.656. The third-order valence-corrected chi connectivity index (χ3v) is 3.52. The van der Waals surface area contributed by atoms with Crippen molar-refractivity contribution in [2.45, 2.75) is 53.4 Å². The molecule has 0 N–H and O–H groups in total. The van der Waals surface area contributed by atoms with E-state index in [1.54, 1.807) is 0 Å². The van der Waals surface area contributed by atoms with Gasteiger partial charge in [0.25, 0.3) is 0 Å². The lowest BCUT2D eigenvalue weighted by Gasteiger charge is -2.40. The van der Waals surface area contributed by atoms with Gasteiger partial charge < -0.3 is 4.74 Å². The SMILES string of the molecule is CC(=O)OCC1CCCCC1C(C)(C)C. The fourth-order valence-electron chi connectivity index (χ4n) is 2.77. The maximum Gasteiger partial charge on any atom is 0.302 e. The first-order chi connectivity index (χ1) is 6.91. The lowest BCUT2D eigenvalue weighted by Crippen LogP contribution is -2.34. The minimum absolute atomic E-state index is 0.145. The largest absolute Gasteiger partial charge is 0.466 e. The molecule has 15 heavy (non-hydrogen) atoms. The Morgan fingerprint density at radius 3 is 2.40 bits per heavy atom. The van der Waals surface area contributed by atoms with Crippen LogP contribution in [0.5, 0.6) is 0 Å². The normalized spacial score (nSPS) is 27.5. The van der Waals surface area contributed by atoms with Crippen LogP contribution in [0.3, 0.4) is 0 Å². The molecule has 0 aromatic carbocycles. The van der Waals surface area contributed by atoms with Gasteiger partial charge in [-0.25, -0.2) is 0 Å². The fourth-order valence-corrected chi connectivity index (χ4v) is 2.77. The van der Waals surface area contributed by atoms with Gasteiger partial charge in [0.05, 0.1) is 6.61 Å². The van der Waals surface area contributed by atoms with Crippen molar-refractivity contribution in [3.63, 3.8) is 0 Å². The summed E-state index contributed by atoms with van der Waals surface area (Å²) in [5.41, 5.74) is 0.339. The molecule has 0 amide bonds. The van der Waals surface area contributed by atoms with Gasteiger partial charge in [0.1, 0.15) is 0 Å². The Morgan fingerprint density at radius 1 is 1.27 bits per heavy atom. The highest BCUT2D eigenvalue weighted by atomic mass is 16.5. The smallest absolute Gasteiger partial charge is 0.302 e. The summed E-state index contributed by atoms with van der Waals surface area (Å²) < 4.78 is 5.17. The molecule has 2 atom stereocenters. The van der Waals surface area contributed by atoms with Crippen molar-refractivity contribution in [3.8, 4) is 0 Å². The summed E-state index contributed by atoms with van der Waals surface area (Å²) in [5, 5.41) is 0. The van der Waals surface area contributed by atoms with Crippen LogP contribution < -0.4 is 0 Å². The van der Waals surface area contributed by atoms with Gasteiger partial charge in [-0.15, -0.1) is 0 Å². The second kappa shape index (κ2) is 5.00. The molecule has 0 aromatic rings. The van der Waals surface area contributed by atoms with E-state index in [-0.39, 0.29) is 5.97 Å². The predicted octanol–water partition coefficient (Wildman–Crippen LogP) is 3.40. The summed E-state index contributed by atoms with van der Waals surface area (Å²) in [6.45, 7) is 9.00. The first-order valence-electron chi connectivity index (χ1n) is 6.04. The Labute approximate surface area is 93.4 Å². The van der Waals surface area contributed by atoms with Crippen LogP contribution in [0.15, 0.2) is 0 Å². The molecule has 0 bridgehead atoms. The van der Waals surface area contributed by atoms with Crippen molar-refractivity contribution in [1.82, 2.24) is 0 Å². The number of rotatable bonds is 2. The number of carbonyl (C=O) groups excluding carboxylic acids is 1. The van der Waals surface area contributed by atoms with Gasteiger partial charge in [0, 0.05) is 6.92 Å². The highest BCUT2D eigenvalue weighted by Crippen LogP contribution is 2.41. The summed E-state index contributed by atoms with van der Waals surface area (Å²) >= 11 is 0. The van der Waals surface area contributed by atoms with Crippen molar-refractivity contribution in [1.29, 1.82) is 0 Å². The Bertz CT molecular complexity index is 215. The lowest BCUT2D eigenvalue weighted by atomic mass is 9.67. The van der Waals surface area contributed by atoms with E-state index >= 15 is 0 Å². The van der Waals surface area contributed by atoms with E-state index in [0.717, 1.165) is 0 Å². The Morgan fingerprint density at radius 2 is 1.87 bits per heavy atom. The van der Waals surface area contributed by atoms with Crippen LogP contribution in [-0.4, -0.2) is 12.6 Å². The van der Waals surface area contributed by atoms with E-state index in [0.29, 0.717) is 23.9 Å². The number of hydrogen-bond acceptors (Lipinski definition) is 2. The van der Waals surface area contributed by atoms with E-state index in [4.69, 9.17) is 4.74 Å². The summed E-state index contributed by atoms with van der Waals surface area (Å²) in [4.78, 5) is 10.8. The Kier molecular flexibility index (Phi) is 4.18. The van der Waals surface area contributed by atoms with Crippen LogP contribution >= 0.6 is 0 Å². The summed E-state index contributed by atoms with van der Waals surface area (Å²) in [5.74, 6) is 1.13. The van der Waals surface area contributed by atoms with Crippen LogP contribution in [0.4, 0.5) is 0 Å². The van der Waals surface area contributed by atoms with E-state index in [9.17, 15) is 4.79 Å². The number of ether oxygens (including phenoxy) is 1. The van der Waals surface area contributed by atoms with Crippen molar-refractivity contribution < 1.29 is 9.53 Å². The summed E-state index contributed by atoms with van der Waals surface area (Å²) in [7, 11) is 0. The fraction of sp³-hybridized carbons (Fsp3) is 0.923. The van der Waals surface area contributed by atoms with Crippen molar-refractivity contribution in [2.75, 3.05) is 6.61 Å².